The molecule has 0 unspecified atom stereocenters. The quantitative estimate of drug-likeness (QED) is 0.320. The lowest BCUT2D eigenvalue weighted by molar-refractivity contribution is -0.114. The van der Waals surface area contributed by atoms with Crippen LogP contribution in [0.25, 0.3) is 6.08 Å². The number of rotatable bonds is 7. The van der Waals surface area contributed by atoms with Gasteiger partial charge in [-0.25, -0.2) is 4.39 Å². The molecule has 2 amide bonds. The van der Waals surface area contributed by atoms with Crippen molar-refractivity contribution in [1.29, 1.82) is 0 Å². The average Bonchev–Trinajstić information content (AvgIpc) is 2.74. The molecule has 0 bridgehead atoms. The number of benzene rings is 3. The molecule has 0 saturated carbocycles. The molecule has 3 aromatic carbocycles. The summed E-state index contributed by atoms with van der Waals surface area (Å²) in [4.78, 5) is 24.9. The third-order valence-electron chi connectivity index (χ3n) is 3.92. The SMILES string of the molecule is O=C(/C=C/c1ccccc1)Nc1ccc(SCC(=O)Nc2ccc(Br)cc2F)cc1. The molecule has 0 fully saturated rings. The van der Waals surface area contributed by atoms with Crippen LogP contribution in [0.2, 0.25) is 0 Å². The van der Waals surface area contributed by atoms with Gasteiger partial charge >= 0.3 is 0 Å². The van der Waals surface area contributed by atoms with Crippen LogP contribution < -0.4 is 10.6 Å². The average molecular weight is 485 g/mol. The molecule has 0 aromatic heterocycles. The molecule has 0 aliphatic carbocycles. The highest BCUT2D eigenvalue weighted by molar-refractivity contribution is 9.10. The molecule has 0 atom stereocenters. The molecule has 30 heavy (non-hydrogen) atoms. The van der Waals surface area contributed by atoms with Gasteiger partial charge in [0.05, 0.1) is 11.4 Å². The van der Waals surface area contributed by atoms with Crippen LogP contribution in [-0.4, -0.2) is 17.6 Å². The van der Waals surface area contributed by atoms with Gasteiger partial charge in [0.15, 0.2) is 0 Å². The summed E-state index contributed by atoms with van der Waals surface area (Å²) in [5.41, 5.74) is 1.74. The lowest BCUT2D eigenvalue weighted by Crippen LogP contribution is -2.15. The second-order valence-corrected chi connectivity index (χ2v) is 8.18. The number of carbonyl (C=O) groups is 2. The van der Waals surface area contributed by atoms with Crippen LogP contribution in [0.3, 0.4) is 0 Å². The molecule has 7 heteroatoms. The van der Waals surface area contributed by atoms with Gasteiger partial charge in [-0.1, -0.05) is 46.3 Å². The maximum atomic E-state index is 13.8. The molecular formula is C23H18BrFN2O2S. The smallest absolute Gasteiger partial charge is 0.248 e. The van der Waals surface area contributed by atoms with Gasteiger partial charge in [0.2, 0.25) is 11.8 Å². The first kappa shape index (κ1) is 21.8. The van der Waals surface area contributed by atoms with Crippen LogP contribution in [-0.2, 0) is 9.59 Å². The normalized spacial score (nSPS) is 10.7. The Hall–Kier alpha value is -2.90. The number of amides is 2. The first-order valence-electron chi connectivity index (χ1n) is 9.01. The molecule has 0 saturated heterocycles. The summed E-state index contributed by atoms with van der Waals surface area (Å²) in [6.45, 7) is 0. The molecule has 4 nitrogen and oxygen atoms in total. The first-order chi connectivity index (χ1) is 14.5. The lowest BCUT2D eigenvalue weighted by atomic mass is 10.2. The molecule has 2 N–H and O–H groups in total. The van der Waals surface area contributed by atoms with E-state index in [1.54, 1.807) is 24.3 Å². The monoisotopic (exact) mass is 484 g/mol. The Balaban J connectivity index is 1.47. The molecule has 3 rings (SSSR count). The van der Waals surface area contributed by atoms with Crippen molar-refractivity contribution in [1.82, 2.24) is 0 Å². The standard InChI is InChI=1S/C23H18BrFN2O2S/c24-17-7-12-21(20(25)14-17)27-23(29)15-30-19-10-8-18(9-11-19)26-22(28)13-6-16-4-2-1-3-5-16/h1-14H,15H2,(H,26,28)(H,27,29)/b13-6+. The molecule has 152 valence electrons. The van der Waals surface area contributed by atoms with Crippen molar-refractivity contribution < 1.29 is 14.0 Å². The minimum atomic E-state index is -0.496. The minimum absolute atomic E-state index is 0.140. The van der Waals surface area contributed by atoms with E-state index >= 15 is 0 Å². The number of hydrogen-bond acceptors (Lipinski definition) is 3. The van der Waals surface area contributed by atoms with E-state index in [4.69, 9.17) is 0 Å². The molecular weight excluding hydrogens is 467 g/mol. The van der Waals surface area contributed by atoms with Gasteiger partial charge in [-0.3, -0.25) is 9.59 Å². The summed E-state index contributed by atoms with van der Waals surface area (Å²) in [7, 11) is 0. The van der Waals surface area contributed by atoms with Crippen molar-refractivity contribution in [2.75, 3.05) is 16.4 Å². The van der Waals surface area contributed by atoms with Crippen LogP contribution in [0.1, 0.15) is 5.56 Å². The predicted molar refractivity (Wildman–Crippen MR) is 124 cm³/mol. The van der Waals surface area contributed by atoms with Crippen molar-refractivity contribution >= 4 is 57.0 Å². The lowest BCUT2D eigenvalue weighted by Gasteiger charge is -2.07. The summed E-state index contributed by atoms with van der Waals surface area (Å²) < 4.78 is 14.4. The summed E-state index contributed by atoms with van der Waals surface area (Å²) in [5, 5.41) is 5.34. The van der Waals surface area contributed by atoms with Crippen molar-refractivity contribution in [2.24, 2.45) is 0 Å². The van der Waals surface area contributed by atoms with Crippen molar-refractivity contribution in [3.8, 4) is 0 Å². The maximum Gasteiger partial charge on any atom is 0.248 e. The van der Waals surface area contributed by atoms with Crippen LogP contribution >= 0.6 is 27.7 Å². The second-order valence-electron chi connectivity index (χ2n) is 6.22. The van der Waals surface area contributed by atoms with Gasteiger partial charge in [0, 0.05) is 21.1 Å². The fourth-order valence-electron chi connectivity index (χ4n) is 2.48. The van der Waals surface area contributed by atoms with Crippen molar-refractivity contribution in [3.05, 3.63) is 94.7 Å². The van der Waals surface area contributed by atoms with E-state index in [0.29, 0.717) is 10.2 Å². The van der Waals surface area contributed by atoms with E-state index in [0.717, 1.165) is 10.5 Å². The zero-order valence-corrected chi connectivity index (χ0v) is 18.2. The zero-order chi connectivity index (χ0) is 21.3. The summed E-state index contributed by atoms with van der Waals surface area (Å²) in [6, 6.07) is 21.2. The van der Waals surface area contributed by atoms with Gasteiger partial charge in [0.25, 0.3) is 0 Å². The predicted octanol–water partition coefficient (Wildman–Crippen LogP) is 5.97. The molecule has 0 radical (unpaired) electrons. The fourth-order valence-corrected chi connectivity index (χ4v) is 3.51. The van der Waals surface area contributed by atoms with E-state index in [-0.39, 0.29) is 23.3 Å². The van der Waals surface area contributed by atoms with Crippen LogP contribution in [0.4, 0.5) is 15.8 Å². The van der Waals surface area contributed by atoms with Gasteiger partial charge in [-0.15, -0.1) is 11.8 Å². The summed E-state index contributed by atoms with van der Waals surface area (Å²) in [6.07, 6.45) is 3.22. The Labute approximate surface area is 186 Å². The molecule has 0 aliphatic rings. The summed E-state index contributed by atoms with van der Waals surface area (Å²) in [5.74, 6) is -0.884. The maximum absolute atomic E-state index is 13.8. The first-order valence-corrected chi connectivity index (χ1v) is 10.8. The fraction of sp³-hybridized carbons (Fsp3) is 0.0435. The van der Waals surface area contributed by atoms with E-state index in [1.165, 1.54) is 30.0 Å². The molecule has 0 heterocycles. The van der Waals surface area contributed by atoms with Crippen molar-refractivity contribution in [3.63, 3.8) is 0 Å². The third kappa shape index (κ3) is 6.86. The zero-order valence-electron chi connectivity index (χ0n) is 15.8. The number of thioether (sulfide) groups is 1. The molecule has 3 aromatic rings. The molecule has 0 aliphatic heterocycles. The largest absolute Gasteiger partial charge is 0.323 e. The van der Waals surface area contributed by atoms with Crippen LogP contribution in [0, 0.1) is 5.82 Å². The highest BCUT2D eigenvalue weighted by atomic mass is 79.9. The highest BCUT2D eigenvalue weighted by Gasteiger charge is 2.08. The van der Waals surface area contributed by atoms with E-state index in [1.807, 2.05) is 42.5 Å². The van der Waals surface area contributed by atoms with Crippen LogP contribution in [0.5, 0.6) is 0 Å². The topological polar surface area (TPSA) is 58.2 Å². The van der Waals surface area contributed by atoms with Gasteiger partial charge in [-0.2, -0.15) is 0 Å². The number of carbonyl (C=O) groups excluding carboxylic acids is 2. The summed E-state index contributed by atoms with van der Waals surface area (Å²) >= 11 is 4.50. The van der Waals surface area contributed by atoms with E-state index in [2.05, 4.69) is 26.6 Å². The van der Waals surface area contributed by atoms with Crippen molar-refractivity contribution in [2.45, 2.75) is 4.90 Å². The Morgan fingerprint density at radius 1 is 0.967 bits per heavy atom. The van der Waals surface area contributed by atoms with Gasteiger partial charge < -0.3 is 10.6 Å². The van der Waals surface area contributed by atoms with E-state index in [9.17, 15) is 14.0 Å². The Morgan fingerprint density at radius 2 is 1.70 bits per heavy atom. The van der Waals surface area contributed by atoms with Gasteiger partial charge in [-0.05, 0) is 54.1 Å². The van der Waals surface area contributed by atoms with Crippen LogP contribution in [0.15, 0.2) is 88.2 Å². The number of anilines is 2. The number of halogens is 2. The Morgan fingerprint density at radius 3 is 2.40 bits per heavy atom. The molecule has 0 spiro atoms. The third-order valence-corrected chi connectivity index (χ3v) is 5.43. The second kappa shape index (κ2) is 10.8. The Kier molecular flexibility index (Phi) is 7.82. The number of hydrogen-bond donors (Lipinski definition) is 2. The van der Waals surface area contributed by atoms with E-state index < -0.39 is 5.82 Å². The van der Waals surface area contributed by atoms with Gasteiger partial charge in [0.1, 0.15) is 5.82 Å². The minimum Gasteiger partial charge on any atom is -0.323 e. The number of nitrogens with one attached hydrogen (secondary N) is 2. The highest BCUT2D eigenvalue weighted by Crippen LogP contribution is 2.22. The Bertz CT molecular complexity index is 1060.